The minimum atomic E-state index is -3.08. The highest BCUT2D eigenvalue weighted by Crippen LogP contribution is 2.72. The Bertz CT molecular complexity index is 3050. The molecule has 0 bridgehead atoms. The number of β-amino-alcohol motifs (C(OH)–C–C–N with tert-alkyl or cyclic N) is 1. The monoisotopic (exact) mass is 1140 g/mol. The van der Waals surface area contributed by atoms with Crippen molar-refractivity contribution in [3.8, 4) is 5.75 Å². The van der Waals surface area contributed by atoms with Gasteiger partial charge in [-0.05, 0) is 127 Å². The molecule has 15 heteroatoms. The zero-order valence-electron chi connectivity index (χ0n) is 49.7. The molecule has 0 radical (unpaired) electrons. The predicted octanol–water partition coefficient (Wildman–Crippen LogP) is 12.1. The molecular weight excluding hydrogens is 1060 g/mol. The first-order valence-electron chi connectivity index (χ1n) is 29.3. The van der Waals surface area contributed by atoms with Crippen LogP contribution in [0.3, 0.4) is 0 Å². The van der Waals surface area contributed by atoms with Gasteiger partial charge >= 0.3 is 6.09 Å². The topological polar surface area (TPSA) is 158 Å². The second-order valence-electron chi connectivity index (χ2n) is 27.4. The van der Waals surface area contributed by atoms with Crippen molar-refractivity contribution in [1.82, 2.24) is 4.90 Å². The quantitative estimate of drug-likeness (QED) is 0.0663. The Morgan fingerprint density at radius 2 is 1.45 bits per heavy atom. The van der Waals surface area contributed by atoms with Crippen LogP contribution in [0.5, 0.6) is 5.75 Å². The van der Waals surface area contributed by atoms with E-state index in [4.69, 9.17) is 23.5 Å². The Morgan fingerprint density at radius 3 is 2.00 bits per heavy atom. The highest BCUT2D eigenvalue weighted by Gasteiger charge is 2.79. The molecular formula is C67H85FN2O11P+. The van der Waals surface area contributed by atoms with E-state index in [9.17, 15) is 24.4 Å². The van der Waals surface area contributed by atoms with Crippen LogP contribution in [0.1, 0.15) is 128 Å². The first-order chi connectivity index (χ1) is 38.5. The summed E-state index contributed by atoms with van der Waals surface area (Å²) in [5, 5.41) is 24.3. The molecule has 82 heavy (non-hydrogen) atoms. The molecule has 0 aromatic heterocycles. The molecule has 3 saturated carbocycles. The molecule has 4 aromatic rings. The van der Waals surface area contributed by atoms with Gasteiger partial charge in [0.15, 0.2) is 29.1 Å². The maximum absolute atomic E-state index is 18.7. The van der Waals surface area contributed by atoms with Crippen LogP contribution in [0, 0.1) is 28.6 Å². The number of quaternary nitrogens is 1. The van der Waals surface area contributed by atoms with E-state index in [-0.39, 0.29) is 37.1 Å². The molecule has 13 nitrogen and oxygen atoms in total. The van der Waals surface area contributed by atoms with Crippen LogP contribution in [0.25, 0.3) is 0 Å². The van der Waals surface area contributed by atoms with Crippen molar-refractivity contribution in [2.75, 3.05) is 46.6 Å². The van der Waals surface area contributed by atoms with Crippen molar-refractivity contribution in [2.24, 2.45) is 28.6 Å². The fraction of sp³-hybridized carbons (Fsp3) is 0.537. The normalized spacial score (nSPS) is 32.1. The van der Waals surface area contributed by atoms with Crippen molar-refractivity contribution < 1.29 is 61.5 Å². The fourth-order valence-electron chi connectivity index (χ4n) is 15.2. The molecule has 1 amide bonds. The van der Waals surface area contributed by atoms with Crippen LogP contribution in [-0.4, -0.2) is 125 Å². The van der Waals surface area contributed by atoms with Crippen LogP contribution >= 0.6 is 7.37 Å². The van der Waals surface area contributed by atoms with Gasteiger partial charge < -0.3 is 43.1 Å². The van der Waals surface area contributed by atoms with Gasteiger partial charge in [-0.1, -0.05) is 116 Å². The van der Waals surface area contributed by atoms with Gasteiger partial charge in [0.05, 0.1) is 45.0 Å². The summed E-state index contributed by atoms with van der Waals surface area (Å²) >= 11 is 0. The molecule has 2 aliphatic heterocycles. The number of alkyl halides is 1. The minimum Gasteiger partial charge on any atom is -0.444 e. The Morgan fingerprint density at radius 1 is 0.866 bits per heavy atom. The number of aliphatic hydroxyl groups excluding tert-OH is 2. The number of allylic oxidation sites excluding steroid dienone is 4. The number of carbonyl (C=O) groups excluding carboxylic acids is 3. The highest BCUT2D eigenvalue weighted by atomic mass is 31.2. The van der Waals surface area contributed by atoms with Gasteiger partial charge in [0, 0.05) is 59.9 Å². The fourth-order valence-corrected chi connectivity index (χ4v) is 15.9. The Labute approximate surface area is 484 Å². The lowest BCUT2D eigenvalue weighted by molar-refractivity contribution is -0.928. The van der Waals surface area contributed by atoms with Crippen LogP contribution < -0.4 is 4.52 Å². The second-order valence-corrected chi connectivity index (χ2v) is 30.1. The first kappa shape index (κ1) is 59.8. The molecule has 5 fully saturated rings. The molecule has 6 aliphatic rings. The number of hydrogen-bond acceptors (Lipinski definition) is 11. The van der Waals surface area contributed by atoms with Gasteiger partial charge in [-0.25, -0.2) is 9.18 Å². The van der Waals surface area contributed by atoms with E-state index in [1.807, 2.05) is 131 Å². The van der Waals surface area contributed by atoms with Gasteiger partial charge in [0.1, 0.15) is 30.1 Å². The molecule has 0 spiro atoms. The minimum absolute atomic E-state index is 0.0412. The number of carbonyl (C=O) groups is 3. The van der Waals surface area contributed by atoms with Gasteiger partial charge in [0.2, 0.25) is 7.37 Å². The van der Waals surface area contributed by atoms with Crippen molar-refractivity contribution in [1.29, 1.82) is 0 Å². The number of ether oxygens (including phenoxy) is 4. The predicted molar refractivity (Wildman–Crippen MR) is 313 cm³/mol. The van der Waals surface area contributed by atoms with Crippen molar-refractivity contribution >= 4 is 25.0 Å². The van der Waals surface area contributed by atoms with E-state index < -0.39 is 88.7 Å². The van der Waals surface area contributed by atoms with Crippen LogP contribution in [-0.2, 0) is 45.2 Å². The standard InChI is InChI=1S/C67H85FN2O11P/c1-61(2,3)69(60(75)80-62(4,5)6)41-54(72)45-27-28-46(55(37-45)81-82(10,11)76)42-70(9)35-32-44(33-36-70)59-78-58-39-53-52-30-29-50-38-51(71)31-34-63(50,7)66(52,68)56(73)40-64(53,8)67(58,79-59)57(74)43-77-65(47-21-15-12-16-22-47,48-23-17-13-18-24-48)49-25-19-14-20-26-49/h12-28,31,34,37-38,44,52-54,56,58-59,72-73H,29-30,32-33,35-36,39-43H2,1-11H3/q+1/t44?,52-,53-,54?,56-,58+,59?,63-,64-,66-,67+,70?/m0/s1. The molecule has 2 saturated heterocycles. The molecule has 4 aliphatic carbocycles. The summed E-state index contributed by atoms with van der Waals surface area (Å²) in [6, 6.07) is 35.1. The van der Waals surface area contributed by atoms with Crippen molar-refractivity contribution in [3.05, 3.63) is 161 Å². The Balaban J connectivity index is 0.942. The third-order valence-corrected chi connectivity index (χ3v) is 20.0. The smallest absolute Gasteiger partial charge is 0.410 e. The van der Waals surface area contributed by atoms with E-state index in [0.717, 1.165) is 22.3 Å². The van der Waals surface area contributed by atoms with Crippen LogP contribution in [0.15, 0.2) is 133 Å². The number of nitrogens with zero attached hydrogens (tertiary/aromatic N) is 2. The number of benzene rings is 4. The van der Waals surface area contributed by atoms with E-state index >= 15 is 9.18 Å². The molecule has 440 valence electrons. The number of hydrogen-bond donors (Lipinski definition) is 2. The number of rotatable bonds is 15. The maximum Gasteiger partial charge on any atom is 0.410 e. The largest absolute Gasteiger partial charge is 0.444 e. The lowest BCUT2D eigenvalue weighted by atomic mass is 9.44. The van der Waals surface area contributed by atoms with Gasteiger partial charge in [-0.15, -0.1) is 0 Å². The molecule has 4 aromatic carbocycles. The summed E-state index contributed by atoms with van der Waals surface area (Å²) in [6.07, 6.45) is 2.37. The summed E-state index contributed by atoms with van der Waals surface area (Å²) < 4.78 is 66.5. The summed E-state index contributed by atoms with van der Waals surface area (Å²) in [5.74, 6) is -1.34. The maximum atomic E-state index is 18.7. The number of fused-ring (bicyclic) bond motifs is 7. The summed E-state index contributed by atoms with van der Waals surface area (Å²) in [7, 11) is -0.909. The molecule has 2 heterocycles. The zero-order chi connectivity index (χ0) is 59.1. The summed E-state index contributed by atoms with van der Waals surface area (Å²) in [5.41, 5.74) is -4.20. The Hall–Kier alpha value is -5.31. The first-order valence-corrected chi connectivity index (χ1v) is 31.9. The van der Waals surface area contributed by atoms with E-state index in [1.54, 1.807) is 53.2 Å². The van der Waals surface area contributed by atoms with Crippen molar-refractivity contribution in [3.63, 3.8) is 0 Å². The third-order valence-electron chi connectivity index (χ3n) is 19.4. The molecule has 10 rings (SSSR count). The van der Waals surface area contributed by atoms with Crippen LogP contribution in [0.4, 0.5) is 9.18 Å². The van der Waals surface area contributed by atoms with Crippen molar-refractivity contribution in [2.45, 2.75) is 153 Å². The Kier molecular flexibility index (Phi) is 15.8. The average molecular weight is 1140 g/mol. The number of halogens is 1. The molecule has 2 unspecified atom stereocenters. The van der Waals surface area contributed by atoms with E-state index in [0.29, 0.717) is 73.1 Å². The molecule has 2 N–H and O–H groups in total. The number of piperidine rings is 1. The third kappa shape index (κ3) is 10.6. The second kappa shape index (κ2) is 21.6. The van der Waals surface area contributed by atoms with Gasteiger partial charge in [-0.3, -0.25) is 14.2 Å². The van der Waals surface area contributed by atoms with E-state index in [2.05, 4.69) is 7.05 Å². The average Bonchev–Trinajstić information content (AvgIpc) is 3.10. The van der Waals surface area contributed by atoms with Crippen LogP contribution in [0.2, 0.25) is 0 Å². The summed E-state index contributed by atoms with van der Waals surface area (Å²) in [6.45, 7) is 19.5. The van der Waals surface area contributed by atoms with Gasteiger partial charge in [-0.2, -0.15) is 0 Å². The SMILES string of the molecule is CC(C)(C)OC(=O)N(CC(O)c1ccc(C[N+]2(C)CCC(C3O[C@@H]4C[C@H]5[C@@H]6CCC7=CC(=O)C=C[C@]7(C)[C@@]6(F)[C@@H](O)C[C@]5(C)[C@]4(C(=O)COC(c4ccccc4)(c4ccccc4)c4ccccc4)O3)CC2)c(OP(C)(C)=O)c1)C(C)(C)C. The van der Waals surface area contributed by atoms with Gasteiger partial charge in [0.25, 0.3) is 0 Å². The summed E-state index contributed by atoms with van der Waals surface area (Å²) in [4.78, 5) is 43.8. The highest BCUT2D eigenvalue weighted by molar-refractivity contribution is 7.57. The number of aliphatic hydroxyl groups is 2. The number of ketones is 2. The molecule has 10 atom stereocenters. The lowest BCUT2D eigenvalue weighted by Gasteiger charge is -2.62. The number of likely N-dealkylation sites (tertiary alicyclic amines) is 1. The number of amides is 1. The van der Waals surface area contributed by atoms with E-state index in [1.165, 1.54) is 17.1 Å². The number of Topliss-reactive ketones (excluding diaryl/α,β-unsaturated/α-hetero) is 1. The lowest BCUT2D eigenvalue weighted by Crippen LogP contribution is -2.70. The zero-order valence-corrected chi connectivity index (χ0v) is 50.6.